The van der Waals surface area contributed by atoms with Crippen LogP contribution in [-0.4, -0.2) is 42.0 Å². The number of benzene rings is 1. The second-order valence-corrected chi connectivity index (χ2v) is 6.91. The Kier molecular flexibility index (Phi) is 7.61. The number of pyridine rings is 1. The number of hydrogen-bond donors (Lipinski definition) is 4. The fourth-order valence-electron chi connectivity index (χ4n) is 3.03. The van der Waals surface area contributed by atoms with Crippen LogP contribution in [0.15, 0.2) is 54.5 Å². The van der Waals surface area contributed by atoms with E-state index in [0.29, 0.717) is 24.4 Å². The Morgan fingerprint density at radius 2 is 2.03 bits per heavy atom. The van der Waals surface area contributed by atoms with Gasteiger partial charge in [0.1, 0.15) is 17.5 Å². The van der Waals surface area contributed by atoms with E-state index in [1.165, 1.54) is 13.3 Å². The van der Waals surface area contributed by atoms with Crippen molar-refractivity contribution in [2.45, 2.75) is 19.4 Å². The average molecular weight is 435 g/mol. The van der Waals surface area contributed by atoms with E-state index in [4.69, 9.17) is 4.74 Å². The fourth-order valence-corrected chi connectivity index (χ4v) is 3.03. The molecule has 1 aliphatic rings. The van der Waals surface area contributed by atoms with Crippen LogP contribution in [0.3, 0.4) is 0 Å². The molecule has 1 aliphatic heterocycles. The van der Waals surface area contributed by atoms with Crippen LogP contribution in [0, 0.1) is 11.3 Å². The molecule has 4 N–H and O–H groups in total. The van der Waals surface area contributed by atoms with Crippen molar-refractivity contribution >= 4 is 11.8 Å². The van der Waals surface area contributed by atoms with Crippen molar-refractivity contribution in [2.24, 2.45) is 0 Å². The van der Waals surface area contributed by atoms with Gasteiger partial charge in [-0.1, -0.05) is 31.2 Å². The number of hydrazine groups is 2. The molecule has 1 aromatic heterocycles. The topological polar surface area (TPSA) is 131 Å². The minimum absolute atomic E-state index is 0.202. The van der Waals surface area contributed by atoms with Crippen molar-refractivity contribution < 1.29 is 14.3 Å². The minimum Gasteiger partial charge on any atom is -0.494 e. The van der Waals surface area contributed by atoms with E-state index >= 15 is 0 Å². The molecule has 10 nitrogen and oxygen atoms in total. The predicted octanol–water partition coefficient (Wildman–Crippen LogP) is 0.930. The van der Waals surface area contributed by atoms with Gasteiger partial charge >= 0.3 is 0 Å². The van der Waals surface area contributed by atoms with E-state index in [9.17, 15) is 14.9 Å². The van der Waals surface area contributed by atoms with Crippen LogP contribution in [0.5, 0.6) is 5.75 Å². The largest absolute Gasteiger partial charge is 0.494 e. The summed E-state index contributed by atoms with van der Waals surface area (Å²) in [7, 11) is 1.47. The summed E-state index contributed by atoms with van der Waals surface area (Å²) < 4.78 is 5.14. The molecule has 0 radical (unpaired) electrons. The molecule has 2 aromatic rings. The first-order chi connectivity index (χ1) is 15.5. The van der Waals surface area contributed by atoms with E-state index < -0.39 is 11.9 Å². The number of aryl methyl sites for hydroxylation is 1. The lowest BCUT2D eigenvalue weighted by atomic mass is 10.0. The molecule has 3 rings (SSSR count). The van der Waals surface area contributed by atoms with Crippen molar-refractivity contribution in [1.29, 1.82) is 5.26 Å². The molecular formula is C22H25N7O3. The highest BCUT2D eigenvalue weighted by molar-refractivity contribution is 5.95. The first-order valence-corrected chi connectivity index (χ1v) is 10.1. The molecule has 0 saturated carbocycles. The smallest absolute Gasteiger partial charge is 0.273 e. The second-order valence-electron chi connectivity index (χ2n) is 6.91. The lowest BCUT2D eigenvalue weighted by molar-refractivity contribution is -0.118. The highest BCUT2D eigenvalue weighted by Gasteiger charge is 2.21. The quantitative estimate of drug-likeness (QED) is 0.458. The van der Waals surface area contributed by atoms with Gasteiger partial charge in [-0.3, -0.25) is 20.0 Å². The predicted molar refractivity (Wildman–Crippen MR) is 116 cm³/mol. The van der Waals surface area contributed by atoms with E-state index in [0.717, 1.165) is 12.0 Å². The number of carbonyl (C=O) groups excluding carboxylic acids is 2. The molecule has 0 saturated heterocycles. The van der Waals surface area contributed by atoms with Gasteiger partial charge in [0, 0.05) is 18.9 Å². The van der Waals surface area contributed by atoms with E-state index in [-0.39, 0.29) is 17.3 Å². The normalized spacial score (nSPS) is 13.4. The van der Waals surface area contributed by atoms with Crippen LogP contribution in [0.4, 0.5) is 0 Å². The molecule has 1 aromatic carbocycles. The summed E-state index contributed by atoms with van der Waals surface area (Å²) in [5.74, 6) is -0.392. The SMILES string of the molecule is CCc1ccc(C(C#N)NC(=O)C2=CN(CCNC(=O)c3ncccc3OC)NN2)cc1. The summed E-state index contributed by atoms with van der Waals surface area (Å²) in [4.78, 5) is 28.9. The monoisotopic (exact) mass is 435 g/mol. The number of nitriles is 1. The third kappa shape index (κ3) is 5.53. The molecule has 1 unspecified atom stereocenters. The van der Waals surface area contributed by atoms with Gasteiger partial charge in [-0.05, 0) is 29.7 Å². The number of nitrogens with zero attached hydrogens (tertiary/aromatic N) is 3. The number of nitrogens with one attached hydrogen (secondary N) is 4. The maximum Gasteiger partial charge on any atom is 0.273 e. The molecular weight excluding hydrogens is 410 g/mol. The molecule has 166 valence electrons. The Morgan fingerprint density at radius 3 is 2.72 bits per heavy atom. The maximum absolute atomic E-state index is 12.5. The lowest BCUT2D eigenvalue weighted by Gasteiger charge is -2.15. The van der Waals surface area contributed by atoms with Crippen LogP contribution in [0.1, 0.15) is 34.6 Å². The molecule has 0 spiro atoms. The molecule has 0 bridgehead atoms. The van der Waals surface area contributed by atoms with Gasteiger partial charge in [0.2, 0.25) is 0 Å². The van der Waals surface area contributed by atoms with E-state index in [1.807, 2.05) is 24.3 Å². The van der Waals surface area contributed by atoms with Crippen LogP contribution in [-0.2, 0) is 11.2 Å². The highest BCUT2D eigenvalue weighted by atomic mass is 16.5. The third-order valence-electron chi connectivity index (χ3n) is 4.83. The van der Waals surface area contributed by atoms with Crippen molar-refractivity contribution in [1.82, 2.24) is 31.6 Å². The fraction of sp³-hybridized carbons (Fsp3) is 0.273. The number of carbonyl (C=O) groups is 2. The minimum atomic E-state index is -0.766. The summed E-state index contributed by atoms with van der Waals surface area (Å²) in [5.41, 5.74) is 7.92. The lowest BCUT2D eigenvalue weighted by Crippen LogP contribution is -2.42. The molecule has 0 fully saturated rings. The average Bonchev–Trinajstić information content (AvgIpc) is 3.31. The third-order valence-corrected chi connectivity index (χ3v) is 4.83. The Labute approximate surface area is 186 Å². The van der Waals surface area contributed by atoms with Gasteiger partial charge in [0.05, 0.1) is 19.7 Å². The summed E-state index contributed by atoms with van der Waals surface area (Å²) in [6.07, 6.45) is 3.99. The number of amides is 2. The van der Waals surface area contributed by atoms with Crippen LogP contribution in [0.25, 0.3) is 0 Å². The zero-order valence-corrected chi connectivity index (χ0v) is 17.9. The standard InChI is InChI=1S/C22H25N7O3/c1-3-15-6-8-16(9-7-15)17(13-23)26-21(30)18-14-29(28-27-18)12-11-25-22(31)20-19(32-2)5-4-10-24-20/h4-10,14,17,27-28H,3,11-12H2,1-2H3,(H,25,31)(H,26,30). The Morgan fingerprint density at radius 1 is 1.25 bits per heavy atom. The molecule has 32 heavy (non-hydrogen) atoms. The molecule has 2 heterocycles. The first kappa shape index (κ1) is 22.6. The summed E-state index contributed by atoms with van der Waals surface area (Å²) in [6, 6.07) is 12.3. The van der Waals surface area contributed by atoms with Crippen LogP contribution >= 0.6 is 0 Å². The van der Waals surface area contributed by atoms with E-state index in [1.54, 1.807) is 23.3 Å². The number of methoxy groups -OCH3 is 1. The highest BCUT2D eigenvalue weighted by Crippen LogP contribution is 2.15. The van der Waals surface area contributed by atoms with Crippen LogP contribution < -0.4 is 26.3 Å². The Hall–Kier alpha value is -4.10. The van der Waals surface area contributed by atoms with Crippen LogP contribution in [0.2, 0.25) is 0 Å². The number of hydrogen-bond acceptors (Lipinski definition) is 8. The van der Waals surface area contributed by atoms with Gasteiger partial charge < -0.3 is 15.4 Å². The number of ether oxygens (including phenoxy) is 1. The zero-order chi connectivity index (χ0) is 22.9. The second kappa shape index (κ2) is 10.8. The molecule has 1 atom stereocenters. The van der Waals surface area contributed by atoms with Gasteiger partial charge in [0.15, 0.2) is 5.69 Å². The number of aromatic nitrogens is 1. The van der Waals surface area contributed by atoms with Crippen molar-refractivity contribution in [3.63, 3.8) is 0 Å². The molecule has 0 aliphatic carbocycles. The Bertz CT molecular complexity index is 1030. The Balaban J connectivity index is 1.51. The summed E-state index contributed by atoms with van der Waals surface area (Å²) in [5, 5.41) is 16.5. The van der Waals surface area contributed by atoms with E-state index in [2.05, 4.69) is 39.6 Å². The van der Waals surface area contributed by atoms with Crippen molar-refractivity contribution in [3.05, 3.63) is 71.3 Å². The first-order valence-electron chi connectivity index (χ1n) is 10.1. The van der Waals surface area contributed by atoms with Crippen molar-refractivity contribution in [3.8, 4) is 11.8 Å². The molecule has 10 heteroatoms. The number of rotatable bonds is 9. The van der Waals surface area contributed by atoms with Gasteiger partial charge in [-0.15, -0.1) is 5.53 Å². The summed E-state index contributed by atoms with van der Waals surface area (Å²) in [6.45, 7) is 2.73. The maximum atomic E-state index is 12.5. The summed E-state index contributed by atoms with van der Waals surface area (Å²) >= 11 is 0. The molecule has 2 amide bonds. The van der Waals surface area contributed by atoms with Crippen molar-refractivity contribution in [2.75, 3.05) is 20.2 Å². The van der Waals surface area contributed by atoms with Gasteiger partial charge in [-0.2, -0.15) is 5.26 Å². The van der Waals surface area contributed by atoms with Gasteiger partial charge in [0.25, 0.3) is 11.8 Å². The zero-order valence-electron chi connectivity index (χ0n) is 17.9. The van der Waals surface area contributed by atoms with Gasteiger partial charge in [-0.25, -0.2) is 4.98 Å².